The van der Waals surface area contributed by atoms with Gasteiger partial charge < -0.3 is 15.4 Å². The molecule has 1 saturated heterocycles. The lowest BCUT2D eigenvalue weighted by Gasteiger charge is -2.27. The number of piperidine rings is 1. The summed E-state index contributed by atoms with van der Waals surface area (Å²) in [6, 6.07) is 8.42. The minimum Gasteiger partial charge on any atom is -0.493 e. The normalized spacial score (nSPS) is 21.9. The maximum Gasteiger partial charge on any atom is 0.220 e. The summed E-state index contributed by atoms with van der Waals surface area (Å²) in [6.45, 7) is 10.6. The number of rotatable bonds is 6. The van der Waals surface area contributed by atoms with E-state index in [0.717, 1.165) is 51.3 Å². The van der Waals surface area contributed by atoms with Crippen molar-refractivity contribution in [2.24, 2.45) is 11.7 Å². The summed E-state index contributed by atoms with van der Waals surface area (Å²) < 4.78 is 5.84. The fraction of sp³-hybridized carbons (Fsp3) is 0.632. The first-order valence-electron chi connectivity index (χ1n) is 8.72. The Morgan fingerprint density at radius 1 is 1.22 bits per heavy atom. The van der Waals surface area contributed by atoms with Gasteiger partial charge in [0.2, 0.25) is 5.91 Å². The largest absolute Gasteiger partial charge is 0.493 e. The molecule has 1 aromatic carbocycles. The van der Waals surface area contributed by atoms with Crippen LogP contribution >= 0.6 is 0 Å². The molecule has 1 amide bonds. The molecule has 4 nitrogen and oxygen atoms in total. The number of carbonyl (C=O) groups excluding carboxylic acids is 1. The maximum absolute atomic E-state index is 11.2. The molecule has 2 rings (SSSR count). The molecule has 1 aliphatic rings. The van der Waals surface area contributed by atoms with Gasteiger partial charge in [-0.2, -0.15) is 0 Å². The molecule has 1 aliphatic heterocycles. The molecule has 0 bridgehead atoms. The first kappa shape index (κ1) is 17.8. The number of carbonyl (C=O) groups is 1. The minimum atomic E-state index is -0.133. The second-order valence-electron chi connectivity index (χ2n) is 7.65. The number of primary amides is 1. The molecule has 1 fully saturated rings. The molecule has 1 aromatic rings. The summed E-state index contributed by atoms with van der Waals surface area (Å²) in [6.07, 6.45) is 2.90. The van der Waals surface area contributed by atoms with E-state index in [0.29, 0.717) is 0 Å². The van der Waals surface area contributed by atoms with Gasteiger partial charge in [-0.25, -0.2) is 0 Å². The van der Waals surface area contributed by atoms with Crippen LogP contribution < -0.4 is 15.4 Å². The van der Waals surface area contributed by atoms with Gasteiger partial charge in [0, 0.05) is 25.2 Å². The summed E-state index contributed by atoms with van der Waals surface area (Å²) in [5.41, 5.74) is 6.87. The molecule has 0 aliphatic carbocycles. The van der Waals surface area contributed by atoms with Crippen molar-refractivity contribution < 1.29 is 14.4 Å². The second kappa shape index (κ2) is 7.82. The maximum atomic E-state index is 11.2. The van der Waals surface area contributed by atoms with Crippen LogP contribution in [0.2, 0.25) is 0 Å². The van der Waals surface area contributed by atoms with Crippen molar-refractivity contribution >= 4 is 5.91 Å². The number of nitrogens with two attached hydrogens (primary N) is 1. The topological polar surface area (TPSA) is 56.8 Å². The van der Waals surface area contributed by atoms with Gasteiger partial charge in [-0.05, 0) is 23.1 Å². The monoisotopic (exact) mass is 319 g/mol. The van der Waals surface area contributed by atoms with Crippen LogP contribution in [0.3, 0.4) is 0 Å². The van der Waals surface area contributed by atoms with Gasteiger partial charge in [0.25, 0.3) is 0 Å². The lowest BCUT2D eigenvalue weighted by molar-refractivity contribution is -0.906. The number of hydrogen-bond acceptors (Lipinski definition) is 2. The highest BCUT2D eigenvalue weighted by Gasteiger charge is 2.25. The molecular weight excluding hydrogens is 288 g/mol. The summed E-state index contributed by atoms with van der Waals surface area (Å²) in [7, 11) is 0. The fourth-order valence-electron chi connectivity index (χ4n) is 3.12. The van der Waals surface area contributed by atoms with Gasteiger partial charge in [0.05, 0.1) is 26.2 Å². The van der Waals surface area contributed by atoms with Crippen LogP contribution in [0.5, 0.6) is 5.75 Å². The molecule has 0 atom stereocenters. The number of ether oxygens (including phenoxy) is 1. The Kier molecular flexibility index (Phi) is 6.05. The third-order valence-corrected chi connectivity index (χ3v) is 4.76. The van der Waals surface area contributed by atoms with Crippen LogP contribution in [0.4, 0.5) is 0 Å². The van der Waals surface area contributed by atoms with Crippen molar-refractivity contribution in [1.29, 1.82) is 0 Å². The molecule has 128 valence electrons. The number of quaternary nitrogens is 1. The average Bonchev–Trinajstić information content (AvgIpc) is 2.51. The highest BCUT2D eigenvalue weighted by Crippen LogP contribution is 2.24. The van der Waals surface area contributed by atoms with Crippen LogP contribution in [0, 0.1) is 5.92 Å². The Bertz CT molecular complexity index is 497. The van der Waals surface area contributed by atoms with Gasteiger partial charge in [-0.15, -0.1) is 0 Å². The molecule has 0 unspecified atom stereocenters. The van der Waals surface area contributed by atoms with Gasteiger partial charge in [-0.3, -0.25) is 4.79 Å². The predicted octanol–water partition coefficient (Wildman–Crippen LogP) is 1.53. The number of nitrogens with one attached hydrogen (secondary N) is 1. The molecule has 0 saturated carbocycles. The van der Waals surface area contributed by atoms with Crippen LogP contribution in [-0.4, -0.2) is 32.1 Å². The standard InChI is InChI=1S/C19H30N2O2/c1-19(2,3)16-5-7-17(8-6-16)23-14-4-11-21-12-9-15(10-13-21)18(20)22/h5-8,15H,4,9-14H2,1-3H3,(H2,20,22)/p+1. The highest BCUT2D eigenvalue weighted by molar-refractivity contribution is 5.76. The molecule has 0 spiro atoms. The number of likely N-dealkylation sites (tertiary alicyclic amines) is 1. The SMILES string of the molecule is CC(C)(C)c1ccc(OCCC[NH+]2CCC(C(N)=O)CC2)cc1. The summed E-state index contributed by atoms with van der Waals surface area (Å²) in [5, 5.41) is 0. The van der Waals surface area contributed by atoms with Crippen LogP contribution in [0.1, 0.15) is 45.6 Å². The molecule has 3 N–H and O–H groups in total. The quantitative estimate of drug-likeness (QED) is 0.781. The van der Waals surface area contributed by atoms with E-state index in [1.807, 2.05) is 0 Å². The zero-order chi connectivity index (χ0) is 16.9. The molecule has 0 aromatic heterocycles. The van der Waals surface area contributed by atoms with Crippen molar-refractivity contribution in [1.82, 2.24) is 0 Å². The van der Waals surface area contributed by atoms with Gasteiger partial charge in [-0.1, -0.05) is 32.9 Å². The third kappa shape index (κ3) is 5.54. The first-order valence-corrected chi connectivity index (χ1v) is 8.72. The van der Waals surface area contributed by atoms with Crippen molar-refractivity contribution in [2.75, 3.05) is 26.2 Å². The smallest absolute Gasteiger partial charge is 0.220 e. The van der Waals surface area contributed by atoms with Crippen LogP contribution in [0.15, 0.2) is 24.3 Å². The highest BCUT2D eigenvalue weighted by atomic mass is 16.5. The number of amides is 1. The van der Waals surface area contributed by atoms with Gasteiger partial charge >= 0.3 is 0 Å². The van der Waals surface area contributed by atoms with Crippen molar-refractivity contribution in [3.63, 3.8) is 0 Å². The summed E-state index contributed by atoms with van der Waals surface area (Å²) in [4.78, 5) is 12.7. The second-order valence-corrected chi connectivity index (χ2v) is 7.65. The predicted molar refractivity (Wildman–Crippen MR) is 92.7 cm³/mol. The van der Waals surface area contributed by atoms with E-state index < -0.39 is 0 Å². The fourth-order valence-corrected chi connectivity index (χ4v) is 3.12. The van der Waals surface area contributed by atoms with Gasteiger partial charge in [0.15, 0.2) is 0 Å². The number of hydrogen-bond donors (Lipinski definition) is 2. The Morgan fingerprint density at radius 3 is 2.35 bits per heavy atom. The molecular formula is C19H31N2O2+. The third-order valence-electron chi connectivity index (χ3n) is 4.76. The van der Waals surface area contributed by atoms with Crippen molar-refractivity contribution in [3.8, 4) is 5.75 Å². The lowest BCUT2D eigenvalue weighted by atomic mass is 9.87. The zero-order valence-corrected chi connectivity index (χ0v) is 14.7. The zero-order valence-electron chi connectivity index (χ0n) is 14.7. The first-order chi connectivity index (χ1) is 10.9. The Labute approximate surface area is 140 Å². The Morgan fingerprint density at radius 2 is 1.83 bits per heavy atom. The van der Waals surface area contributed by atoms with Crippen molar-refractivity contribution in [3.05, 3.63) is 29.8 Å². The molecule has 0 radical (unpaired) electrons. The summed E-state index contributed by atoms with van der Waals surface area (Å²) >= 11 is 0. The molecule has 4 heteroatoms. The Hall–Kier alpha value is -1.55. The minimum absolute atomic E-state index is 0.0938. The summed E-state index contributed by atoms with van der Waals surface area (Å²) in [5.74, 6) is 0.905. The van der Waals surface area contributed by atoms with E-state index in [9.17, 15) is 4.79 Å². The van der Waals surface area contributed by atoms with Crippen molar-refractivity contribution in [2.45, 2.75) is 45.4 Å². The van der Waals surface area contributed by atoms with E-state index in [2.05, 4.69) is 45.0 Å². The van der Waals surface area contributed by atoms with E-state index in [1.165, 1.54) is 5.56 Å². The Balaban J connectivity index is 1.65. The average molecular weight is 319 g/mol. The van der Waals surface area contributed by atoms with Gasteiger partial charge in [0.1, 0.15) is 5.75 Å². The van der Waals surface area contributed by atoms with E-state index >= 15 is 0 Å². The molecule has 23 heavy (non-hydrogen) atoms. The van der Waals surface area contributed by atoms with E-state index in [-0.39, 0.29) is 17.2 Å². The van der Waals surface area contributed by atoms with Crippen LogP contribution in [-0.2, 0) is 10.2 Å². The lowest BCUT2D eigenvalue weighted by Crippen LogP contribution is -3.13. The molecule has 1 heterocycles. The van der Waals surface area contributed by atoms with E-state index in [1.54, 1.807) is 4.90 Å². The van der Waals surface area contributed by atoms with Crippen LogP contribution in [0.25, 0.3) is 0 Å². The van der Waals surface area contributed by atoms with E-state index in [4.69, 9.17) is 10.5 Å². The number of benzene rings is 1.